The van der Waals surface area contributed by atoms with E-state index in [4.69, 9.17) is 4.74 Å². The second-order valence-corrected chi connectivity index (χ2v) is 8.44. The molecule has 166 valence electrons. The number of carbonyl (C=O) groups excluding carboxylic acids is 2. The third kappa shape index (κ3) is 4.31. The Morgan fingerprint density at radius 1 is 0.879 bits per heavy atom. The molecule has 0 spiro atoms. The average molecular weight is 442 g/mol. The van der Waals surface area contributed by atoms with Crippen LogP contribution in [0.4, 0.5) is 10.1 Å². The first kappa shape index (κ1) is 21.1. The van der Waals surface area contributed by atoms with Crippen molar-refractivity contribution in [3.63, 3.8) is 0 Å². The Morgan fingerprint density at radius 3 is 2.33 bits per heavy atom. The number of benzene rings is 3. The van der Waals surface area contributed by atoms with Gasteiger partial charge >= 0.3 is 0 Å². The van der Waals surface area contributed by atoms with Crippen LogP contribution < -0.4 is 9.64 Å². The largest absolute Gasteiger partial charge is 0.489 e. The maximum atomic E-state index is 13.2. The van der Waals surface area contributed by atoms with Gasteiger partial charge in [0.05, 0.1) is 0 Å². The molecule has 3 aromatic rings. The fraction of sp³-hybridized carbons (Fsp3) is 0.214. The number of hydrogen-bond donors (Lipinski definition) is 0. The SMILES string of the molecule is O=C1CCCC2=C1C(c1ccc(OCc3ccc(F)cc3)cc1)CC(=O)N2c1ccccc1. The van der Waals surface area contributed by atoms with E-state index >= 15 is 0 Å². The quantitative estimate of drug-likeness (QED) is 0.493. The maximum Gasteiger partial charge on any atom is 0.232 e. The lowest BCUT2D eigenvalue weighted by Gasteiger charge is -2.38. The van der Waals surface area contributed by atoms with Gasteiger partial charge in [0.15, 0.2) is 5.78 Å². The lowest BCUT2D eigenvalue weighted by molar-refractivity contribution is -0.119. The maximum absolute atomic E-state index is 13.2. The van der Waals surface area contributed by atoms with E-state index in [0.29, 0.717) is 18.8 Å². The Labute approximate surface area is 192 Å². The molecule has 0 aromatic heterocycles. The summed E-state index contributed by atoms with van der Waals surface area (Å²) in [6, 6.07) is 23.4. The third-order valence-electron chi connectivity index (χ3n) is 6.29. The summed E-state index contributed by atoms with van der Waals surface area (Å²) in [5, 5.41) is 0. The minimum absolute atomic E-state index is 0.0105. The molecule has 0 saturated carbocycles. The Morgan fingerprint density at radius 2 is 1.61 bits per heavy atom. The smallest absolute Gasteiger partial charge is 0.232 e. The van der Waals surface area contributed by atoms with Crippen LogP contribution in [0.1, 0.15) is 42.7 Å². The molecule has 1 heterocycles. The van der Waals surface area contributed by atoms with Crippen LogP contribution in [-0.4, -0.2) is 11.7 Å². The van der Waals surface area contributed by atoms with E-state index in [0.717, 1.165) is 40.9 Å². The number of hydrogen-bond acceptors (Lipinski definition) is 3. The highest BCUT2D eigenvalue weighted by Gasteiger charge is 2.39. The van der Waals surface area contributed by atoms with E-state index in [1.165, 1.54) is 12.1 Å². The number of rotatable bonds is 5. The molecule has 1 aliphatic carbocycles. The van der Waals surface area contributed by atoms with E-state index in [1.54, 1.807) is 17.0 Å². The summed E-state index contributed by atoms with van der Waals surface area (Å²) in [6.45, 7) is 0.335. The predicted octanol–water partition coefficient (Wildman–Crippen LogP) is 5.93. The fourth-order valence-electron chi connectivity index (χ4n) is 4.70. The van der Waals surface area contributed by atoms with Crippen molar-refractivity contribution in [3.8, 4) is 5.75 Å². The second kappa shape index (κ2) is 9.02. The molecule has 5 heteroatoms. The molecule has 4 nitrogen and oxygen atoms in total. The van der Waals surface area contributed by atoms with Gasteiger partial charge in [-0.25, -0.2) is 4.39 Å². The molecule has 1 aliphatic heterocycles. The van der Waals surface area contributed by atoms with Crippen LogP contribution in [0, 0.1) is 5.82 Å². The van der Waals surface area contributed by atoms with Gasteiger partial charge < -0.3 is 4.74 Å². The third-order valence-corrected chi connectivity index (χ3v) is 6.29. The number of allylic oxidation sites excluding steroid dienone is 2. The first-order chi connectivity index (χ1) is 16.1. The Bertz CT molecular complexity index is 1200. The summed E-state index contributed by atoms with van der Waals surface area (Å²) in [6.07, 6.45) is 2.26. The molecular weight excluding hydrogens is 417 g/mol. The number of Topliss-reactive ketones (excluding diaryl/α,β-unsaturated/α-hetero) is 1. The minimum Gasteiger partial charge on any atom is -0.489 e. The van der Waals surface area contributed by atoms with E-state index in [1.807, 2.05) is 54.6 Å². The van der Waals surface area contributed by atoms with Crippen molar-refractivity contribution in [2.45, 2.75) is 38.2 Å². The Hall–Kier alpha value is -3.73. The molecule has 2 aliphatic rings. The fourth-order valence-corrected chi connectivity index (χ4v) is 4.70. The first-order valence-corrected chi connectivity index (χ1v) is 11.2. The van der Waals surface area contributed by atoms with Crippen LogP contribution >= 0.6 is 0 Å². The zero-order valence-corrected chi connectivity index (χ0v) is 18.2. The average Bonchev–Trinajstić information content (AvgIpc) is 2.84. The molecule has 1 unspecified atom stereocenters. The van der Waals surface area contributed by atoms with Gasteiger partial charge in [-0.3, -0.25) is 14.5 Å². The monoisotopic (exact) mass is 441 g/mol. The van der Waals surface area contributed by atoms with Crippen molar-refractivity contribution in [1.82, 2.24) is 0 Å². The van der Waals surface area contributed by atoms with Gasteiger partial charge in [0.2, 0.25) is 5.91 Å². The minimum atomic E-state index is -0.276. The summed E-state index contributed by atoms with van der Waals surface area (Å²) in [7, 11) is 0. The topological polar surface area (TPSA) is 46.6 Å². The number of halogens is 1. The highest BCUT2D eigenvalue weighted by atomic mass is 19.1. The second-order valence-electron chi connectivity index (χ2n) is 8.44. The molecule has 0 N–H and O–H groups in total. The summed E-state index contributed by atoms with van der Waals surface area (Å²) in [5.74, 6) is 0.302. The van der Waals surface area contributed by atoms with Crippen LogP contribution in [0.15, 0.2) is 90.1 Å². The Balaban J connectivity index is 1.41. The number of carbonyl (C=O) groups is 2. The summed E-state index contributed by atoms with van der Waals surface area (Å²) in [5.41, 5.74) is 4.24. The number of nitrogens with zero attached hydrogens (tertiary/aromatic N) is 1. The van der Waals surface area contributed by atoms with Gasteiger partial charge in [0, 0.05) is 35.7 Å². The number of para-hydroxylation sites is 1. The lowest BCUT2D eigenvalue weighted by Crippen LogP contribution is -2.40. The highest BCUT2D eigenvalue weighted by Crippen LogP contribution is 2.43. The van der Waals surface area contributed by atoms with E-state index in [-0.39, 0.29) is 29.8 Å². The molecule has 5 rings (SSSR count). The van der Waals surface area contributed by atoms with Gasteiger partial charge in [-0.1, -0.05) is 42.5 Å². The van der Waals surface area contributed by atoms with E-state index in [9.17, 15) is 14.0 Å². The van der Waals surface area contributed by atoms with Crippen LogP contribution in [-0.2, 0) is 16.2 Å². The van der Waals surface area contributed by atoms with Gasteiger partial charge in [-0.2, -0.15) is 0 Å². The molecule has 0 radical (unpaired) electrons. The predicted molar refractivity (Wildman–Crippen MR) is 124 cm³/mol. The van der Waals surface area contributed by atoms with Crippen LogP contribution in [0.2, 0.25) is 0 Å². The van der Waals surface area contributed by atoms with Crippen molar-refractivity contribution < 1.29 is 18.7 Å². The van der Waals surface area contributed by atoms with Gasteiger partial charge in [-0.15, -0.1) is 0 Å². The van der Waals surface area contributed by atoms with E-state index < -0.39 is 0 Å². The van der Waals surface area contributed by atoms with Crippen LogP contribution in [0.3, 0.4) is 0 Å². The van der Waals surface area contributed by atoms with Crippen molar-refractivity contribution in [3.05, 3.63) is 107 Å². The molecule has 0 bridgehead atoms. The zero-order chi connectivity index (χ0) is 22.8. The standard InChI is InChI=1S/C28H24FNO3/c29-21-13-9-19(10-14-21)18-33-23-15-11-20(12-16-23)24-17-27(32)30(22-5-2-1-3-6-22)25-7-4-8-26(31)28(24)25/h1-3,5-6,9-16,24H,4,7-8,17-18H2. The first-order valence-electron chi connectivity index (χ1n) is 11.2. The Kier molecular flexibility index (Phi) is 5.78. The van der Waals surface area contributed by atoms with Gasteiger partial charge in [0.25, 0.3) is 0 Å². The number of ether oxygens (including phenoxy) is 1. The van der Waals surface area contributed by atoms with Crippen LogP contribution in [0.5, 0.6) is 5.75 Å². The normalized spacial score (nSPS) is 18.3. The van der Waals surface area contributed by atoms with Gasteiger partial charge in [0.1, 0.15) is 18.2 Å². The van der Waals surface area contributed by atoms with Crippen molar-refractivity contribution in [1.29, 1.82) is 0 Å². The number of ketones is 1. The van der Waals surface area contributed by atoms with E-state index in [2.05, 4.69) is 0 Å². The van der Waals surface area contributed by atoms with Crippen molar-refractivity contribution >= 4 is 17.4 Å². The molecule has 1 amide bonds. The molecule has 3 aromatic carbocycles. The van der Waals surface area contributed by atoms with Crippen molar-refractivity contribution in [2.24, 2.45) is 0 Å². The zero-order valence-electron chi connectivity index (χ0n) is 18.2. The molecule has 0 fully saturated rings. The summed E-state index contributed by atoms with van der Waals surface area (Å²) in [4.78, 5) is 28.0. The van der Waals surface area contributed by atoms with Crippen molar-refractivity contribution in [2.75, 3.05) is 4.90 Å². The molecule has 33 heavy (non-hydrogen) atoms. The molecule has 0 saturated heterocycles. The number of anilines is 1. The van der Waals surface area contributed by atoms with Crippen LogP contribution in [0.25, 0.3) is 0 Å². The summed E-state index contributed by atoms with van der Waals surface area (Å²) < 4.78 is 18.9. The highest BCUT2D eigenvalue weighted by molar-refractivity contribution is 6.07. The lowest BCUT2D eigenvalue weighted by atomic mass is 9.77. The van der Waals surface area contributed by atoms with Gasteiger partial charge in [-0.05, 0) is 60.4 Å². The number of amides is 1. The summed E-state index contributed by atoms with van der Waals surface area (Å²) >= 11 is 0. The molecular formula is C28H24FNO3. The molecule has 1 atom stereocenters.